The lowest BCUT2D eigenvalue weighted by Gasteiger charge is -2.46. The molecule has 4 atom stereocenters. The van der Waals surface area contributed by atoms with Crippen molar-refractivity contribution in [2.75, 3.05) is 7.05 Å². The van der Waals surface area contributed by atoms with Gasteiger partial charge in [0.2, 0.25) is 5.91 Å². The van der Waals surface area contributed by atoms with Crippen LogP contribution in [0.15, 0.2) is 0 Å². The molecular formula is C13H21NO. The van der Waals surface area contributed by atoms with Gasteiger partial charge in [-0.25, -0.2) is 0 Å². The zero-order valence-electron chi connectivity index (χ0n) is 9.59. The summed E-state index contributed by atoms with van der Waals surface area (Å²) in [6.07, 6.45) is 9.14. The minimum atomic E-state index is 0.0434. The van der Waals surface area contributed by atoms with Crippen LogP contribution < -0.4 is 5.32 Å². The van der Waals surface area contributed by atoms with E-state index in [1.54, 1.807) is 7.05 Å². The molecule has 4 fully saturated rings. The van der Waals surface area contributed by atoms with Gasteiger partial charge in [0.1, 0.15) is 0 Å². The van der Waals surface area contributed by atoms with Crippen molar-refractivity contribution in [2.45, 2.75) is 44.9 Å². The van der Waals surface area contributed by atoms with E-state index in [1.807, 2.05) is 0 Å². The molecule has 0 saturated heterocycles. The average Bonchev–Trinajstić information content (AvgIpc) is 2.44. The first-order chi connectivity index (χ1) is 7.22. The van der Waals surface area contributed by atoms with Crippen molar-refractivity contribution in [1.29, 1.82) is 0 Å². The molecule has 2 unspecified atom stereocenters. The quantitative estimate of drug-likeness (QED) is 0.702. The van der Waals surface area contributed by atoms with Crippen LogP contribution >= 0.6 is 0 Å². The normalized spacial score (nSPS) is 47.7. The number of hydrogen-bond donors (Lipinski definition) is 1. The molecule has 0 aromatic heterocycles. The van der Waals surface area contributed by atoms with Gasteiger partial charge in [-0.1, -0.05) is 12.8 Å². The van der Waals surface area contributed by atoms with E-state index in [4.69, 9.17) is 0 Å². The van der Waals surface area contributed by atoms with E-state index in [9.17, 15) is 4.79 Å². The Morgan fingerprint density at radius 2 is 1.60 bits per heavy atom. The van der Waals surface area contributed by atoms with Crippen LogP contribution in [0, 0.1) is 23.2 Å². The summed E-state index contributed by atoms with van der Waals surface area (Å²) in [6.45, 7) is 0. The molecule has 0 spiro atoms. The van der Waals surface area contributed by atoms with Crippen LogP contribution in [-0.2, 0) is 4.79 Å². The Morgan fingerprint density at radius 3 is 2.13 bits per heavy atom. The zero-order chi connectivity index (χ0) is 10.5. The molecule has 2 nitrogen and oxygen atoms in total. The van der Waals surface area contributed by atoms with Gasteiger partial charge in [0, 0.05) is 12.5 Å². The van der Waals surface area contributed by atoms with Gasteiger partial charge in [0.15, 0.2) is 0 Å². The van der Waals surface area contributed by atoms with E-state index in [1.165, 1.54) is 44.9 Å². The monoisotopic (exact) mass is 207 g/mol. The predicted molar refractivity (Wildman–Crippen MR) is 59.3 cm³/mol. The lowest BCUT2D eigenvalue weighted by atomic mass is 9.58. The molecular weight excluding hydrogens is 186 g/mol. The third kappa shape index (κ3) is 1.41. The standard InChI is InChI=1S/C13H21NO/c1-14-12(15)13-6-9-2-3-10(7-13)5-11(4-9)8-13/h9-11H,2-8H2,1H3,(H,14,15)/t9-,10+,11?,13?. The lowest BCUT2D eigenvalue weighted by Crippen LogP contribution is -2.47. The molecule has 84 valence electrons. The van der Waals surface area contributed by atoms with Crippen molar-refractivity contribution in [2.24, 2.45) is 23.2 Å². The molecule has 4 aliphatic rings. The first kappa shape index (κ1) is 9.68. The summed E-state index contributed by atoms with van der Waals surface area (Å²) in [5.74, 6) is 2.91. The fourth-order valence-electron chi connectivity index (χ4n) is 4.73. The summed E-state index contributed by atoms with van der Waals surface area (Å²) in [4.78, 5) is 12.1. The second-order valence-electron chi connectivity index (χ2n) is 6.12. The van der Waals surface area contributed by atoms with Crippen LogP contribution in [0.1, 0.15) is 44.9 Å². The molecule has 2 heteroatoms. The molecule has 1 amide bonds. The maximum Gasteiger partial charge on any atom is 0.225 e. The minimum Gasteiger partial charge on any atom is -0.359 e. The Morgan fingerprint density at radius 1 is 1.07 bits per heavy atom. The maximum atomic E-state index is 12.1. The molecule has 15 heavy (non-hydrogen) atoms. The van der Waals surface area contributed by atoms with Crippen molar-refractivity contribution >= 4 is 5.91 Å². The van der Waals surface area contributed by atoms with E-state index < -0.39 is 0 Å². The van der Waals surface area contributed by atoms with E-state index in [2.05, 4.69) is 5.32 Å². The number of carbonyl (C=O) groups is 1. The molecule has 0 heterocycles. The average molecular weight is 207 g/mol. The highest BCUT2D eigenvalue weighted by molar-refractivity contribution is 5.82. The fourth-order valence-corrected chi connectivity index (χ4v) is 4.73. The Balaban J connectivity index is 1.93. The fraction of sp³-hybridized carbons (Fsp3) is 0.923. The minimum absolute atomic E-state index is 0.0434. The zero-order valence-corrected chi connectivity index (χ0v) is 9.59. The van der Waals surface area contributed by atoms with Gasteiger partial charge in [-0.05, 0) is 49.9 Å². The highest BCUT2D eigenvalue weighted by Crippen LogP contribution is 2.57. The largest absolute Gasteiger partial charge is 0.359 e. The molecule has 4 rings (SSSR count). The first-order valence-corrected chi connectivity index (χ1v) is 6.44. The van der Waals surface area contributed by atoms with Crippen molar-refractivity contribution in [3.05, 3.63) is 0 Å². The Kier molecular flexibility index (Phi) is 2.08. The summed E-state index contributed by atoms with van der Waals surface area (Å²) in [6, 6.07) is 0. The first-order valence-electron chi connectivity index (χ1n) is 6.44. The number of carbonyl (C=O) groups excluding carboxylic acids is 1. The Hall–Kier alpha value is -0.530. The molecule has 0 radical (unpaired) electrons. The molecule has 1 N–H and O–H groups in total. The summed E-state index contributed by atoms with van der Waals surface area (Å²) >= 11 is 0. The second-order valence-corrected chi connectivity index (χ2v) is 6.12. The maximum absolute atomic E-state index is 12.1. The molecule has 0 aromatic rings. The van der Waals surface area contributed by atoms with Gasteiger partial charge >= 0.3 is 0 Å². The van der Waals surface area contributed by atoms with Gasteiger partial charge in [-0.3, -0.25) is 4.79 Å². The topological polar surface area (TPSA) is 29.1 Å². The summed E-state index contributed by atoms with van der Waals surface area (Å²) in [5.41, 5.74) is 0.0434. The number of rotatable bonds is 1. The Bertz CT molecular complexity index is 270. The van der Waals surface area contributed by atoms with Crippen molar-refractivity contribution < 1.29 is 4.79 Å². The van der Waals surface area contributed by atoms with Crippen LogP contribution in [-0.4, -0.2) is 13.0 Å². The molecule has 4 aliphatic carbocycles. The Labute approximate surface area is 91.8 Å². The third-order valence-electron chi connectivity index (χ3n) is 5.06. The summed E-state index contributed by atoms with van der Waals surface area (Å²) in [5, 5.41) is 2.91. The van der Waals surface area contributed by atoms with Gasteiger partial charge in [-0.2, -0.15) is 0 Å². The van der Waals surface area contributed by atoms with Crippen molar-refractivity contribution in [3.63, 3.8) is 0 Å². The van der Waals surface area contributed by atoms with Gasteiger partial charge < -0.3 is 5.32 Å². The SMILES string of the molecule is CNC(=O)C12CC3C[C@@H](CC[C@@H](C3)C1)C2. The van der Waals surface area contributed by atoms with Crippen LogP contribution in [0.5, 0.6) is 0 Å². The van der Waals surface area contributed by atoms with Crippen molar-refractivity contribution in [3.8, 4) is 0 Å². The molecule has 0 aromatic carbocycles. The summed E-state index contributed by atoms with van der Waals surface area (Å²) < 4.78 is 0. The van der Waals surface area contributed by atoms with Gasteiger partial charge in [-0.15, -0.1) is 0 Å². The number of hydrogen-bond acceptors (Lipinski definition) is 1. The number of amides is 1. The van der Waals surface area contributed by atoms with Crippen LogP contribution in [0.3, 0.4) is 0 Å². The second kappa shape index (κ2) is 3.23. The predicted octanol–water partition coefficient (Wildman–Crippen LogP) is 2.34. The molecule has 4 saturated carbocycles. The van der Waals surface area contributed by atoms with E-state index >= 15 is 0 Å². The highest BCUT2D eigenvalue weighted by Gasteiger charge is 2.51. The third-order valence-corrected chi connectivity index (χ3v) is 5.06. The van der Waals surface area contributed by atoms with E-state index in [0.717, 1.165) is 17.8 Å². The number of nitrogens with one attached hydrogen (secondary N) is 1. The van der Waals surface area contributed by atoms with Gasteiger partial charge in [0.05, 0.1) is 0 Å². The van der Waals surface area contributed by atoms with E-state index in [-0.39, 0.29) is 5.41 Å². The summed E-state index contributed by atoms with van der Waals surface area (Å²) in [7, 11) is 1.80. The lowest BCUT2D eigenvalue weighted by molar-refractivity contribution is -0.138. The van der Waals surface area contributed by atoms with E-state index in [0.29, 0.717) is 5.91 Å². The molecule has 0 aliphatic heterocycles. The van der Waals surface area contributed by atoms with Crippen LogP contribution in [0.25, 0.3) is 0 Å². The highest BCUT2D eigenvalue weighted by atomic mass is 16.2. The smallest absolute Gasteiger partial charge is 0.225 e. The van der Waals surface area contributed by atoms with Crippen LogP contribution in [0.2, 0.25) is 0 Å². The van der Waals surface area contributed by atoms with Crippen LogP contribution in [0.4, 0.5) is 0 Å². The van der Waals surface area contributed by atoms with Gasteiger partial charge in [0.25, 0.3) is 0 Å². The van der Waals surface area contributed by atoms with Crippen molar-refractivity contribution in [1.82, 2.24) is 5.32 Å². The number of fused-ring (bicyclic) bond motifs is 1. The molecule has 4 bridgehead atoms.